The Bertz CT molecular complexity index is 855. The molecule has 1 heterocycles. The summed E-state index contributed by atoms with van der Waals surface area (Å²) < 4.78 is 52.6. The first-order valence-corrected chi connectivity index (χ1v) is 9.00. The molecule has 130 valence electrons. The maximum Gasteiger partial charge on any atom is 0.387 e. The average Bonchev–Trinajstić information content (AvgIpc) is 2.93. The standard InChI is InChI=1S/C13H11ClF2N2O4S2/c1-7-2-5-11(23-7)12(19)17-18-24(20,21)8-3-4-10(9(14)6-8)22-13(15)16/h2-6,13,18H,1H3,(H,17,19). The lowest BCUT2D eigenvalue weighted by atomic mass is 10.3. The monoisotopic (exact) mass is 396 g/mol. The summed E-state index contributed by atoms with van der Waals surface area (Å²) in [5.41, 5.74) is 2.06. The Morgan fingerprint density at radius 1 is 1.29 bits per heavy atom. The van der Waals surface area contributed by atoms with Crippen LogP contribution in [0, 0.1) is 6.92 Å². The number of nitrogens with one attached hydrogen (secondary N) is 2. The number of alkyl halides is 2. The van der Waals surface area contributed by atoms with E-state index in [0.717, 1.165) is 23.1 Å². The highest BCUT2D eigenvalue weighted by Gasteiger charge is 2.19. The van der Waals surface area contributed by atoms with Gasteiger partial charge in [-0.2, -0.15) is 8.78 Å². The molecule has 0 saturated heterocycles. The van der Waals surface area contributed by atoms with E-state index >= 15 is 0 Å². The summed E-state index contributed by atoms with van der Waals surface area (Å²) in [5, 5.41) is -0.307. The molecule has 6 nitrogen and oxygen atoms in total. The van der Waals surface area contributed by atoms with E-state index in [2.05, 4.69) is 10.2 Å². The lowest BCUT2D eigenvalue weighted by Crippen LogP contribution is -2.41. The van der Waals surface area contributed by atoms with Gasteiger partial charge in [0.15, 0.2) is 0 Å². The van der Waals surface area contributed by atoms with Gasteiger partial charge >= 0.3 is 6.61 Å². The summed E-state index contributed by atoms with van der Waals surface area (Å²) in [6, 6.07) is 6.22. The fourth-order valence-corrected chi connectivity index (χ4v) is 3.55. The number of carbonyl (C=O) groups is 1. The predicted molar refractivity (Wildman–Crippen MR) is 84.9 cm³/mol. The lowest BCUT2D eigenvalue weighted by molar-refractivity contribution is -0.0498. The minimum atomic E-state index is -4.13. The number of amides is 1. The third kappa shape index (κ3) is 4.63. The van der Waals surface area contributed by atoms with E-state index in [1.807, 2.05) is 4.83 Å². The Morgan fingerprint density at radius 3 is 2.54 bits per heavy atom. The number of aryl methyl sites for hydroxylation is 1. The summed E-state index contributed by atoms with van der Waals surface area (Å²) >= 11 is 6.90. The van der Waals surface area contributed by atoms with E-state index in [0.29, 0.717) is 4.88 Å². The zero-order valence-corrected chi connectivity index (χ0v) is 14.4. The van der Waals surface area contributed by atoms with Crippen molar-refractivity contribution >= 4 is 38.9 Å². The summed E-state index contributed by atoms with van der Waals surface area (Å²) in [5.74, 6) is -0.982. The van der Waals surface area contributed by atoms with Gasteiger partial charge in [0.25, 0.3) is 15.9 Å². The van der Waals surface area contributed by atoms with Crippen LogP contribution < -0.4 is 15.0 Å². The van der Waals surface area contributed by atoms with Crippen molar-refractivity contribution in [3.8, 4) is 5.75 Å². The zero-order valence-electron chi connectivity index (χ0n) is 12.0. The average molecular weight is 397 g/mol. The van der Waals surface area contributed by atoms with E-state index < -0.39 is 22.5 Å². The van der Waals surface area contributed by atoms with Crippen molar-refractivity contribution in [1.82, 2.24) is 10.3 Å². The highest BCUT2D eigenvalue weighted by molar-refractivity contribution is 7.89. The van der Waals surface area contributed by atoms with Crippen LogP contribution in [-0.4, -0.2) is 20.9 Å². The number of thiophene rings is 1. The molecule has 1 aromatic carbocycles. The van der Waals surface area contributed by atoms with Gasteiger partial charge in [-0.15, -0.1) is 16.2 Å². The van der Waals surface area contributed by atoms with Crippen LogP contribution in [0.5, 0.6) is 5.75 Å². The van der Waals surface area contributed by atoms with Gasteiger partial charge < -0.3 is 4.74 Å². The van der Waals surface area contributed by atoms with Gasteiger partial charge in [-0.05, 0) is 37.3 Å². The molecule has 11 heteroatoms. The van der Waals surface area contributed by atoms with Gasteiger partial charge in [0, 0.05) is 4.88 Å². The summed E-state index contributed by atoms with van der Waals surface area (Å²) in [4.78, 5) is 14.6. The van der Waals surface area contributed by atoms with Crippen molar-refractivity contribution in [3.05, 3.63) is 45.1 Å². The molecule has 0 aliphatic rings. The van der Waals surface area contributed by atoms with Crippen LogP contribution in [0.2, 0.25) is 5.02 Å². The first-order chi connectivity index (χ1) is 11.2. The molecule has 0 aliphatic heterocycles. The Hall–Kier alpha value is -1.75. The van der Waals surface area contributed by atoms with Crippen molar-refractivity contribution in [3.63, 3.8) is 0 Å². The number of hydrogen-bond acceptors (Lipinski definition) is 5. The third-order valence-corrected chi connectivity index (χ3v) is 5.23. The summed E-state index contributed by atoms with van der Waals surface area (Å²) in [7, 11) is -4.13. The smallest absolute Gasteiger partial charge is 0.387 e. The van der Waals surface area contributed by atoms with E-state index in [1.54, 1.807) is 19.1 Å². The van der Waals surface area contributed by atoms with Crippen LogP contribution >= 0.6 is 22.9 Å². The minimum Gasteiger partial charge on any atom is -0.433 e. The number of ether oxygens (including phenoxy) is 1. The summed E-state index contributed by atoms with van der Waals surface area (Å²) in [6.07, 6.45) is 0. The second kappa shape index (κ2) is 7.43. The predicted octanol–water partition coefficient (Wildman–Crippen LogP) is 2.93. The molecule has 0 aliphatic carbocycles. The Morgan fingerprint density at radius 2 is 2.00 bits per heavy atom. The second-order valence-corrected chi connectivity index (χ2v) is 7.82. The second-order valence-electron chi connectivity index (χ2n) is 4.44. The van der Waals surface area contributed by atoms with E-state index in [9.17, 15) is 22.0 Å². The van der Waals surface area contributed by atoms with Crippen LogP contribution in [0.4, 0.5) is 8.78 Å². The molecule has 0 atom stereocenters. The van der Waals surface area contributed by atoms with Crippen molar-refractivity contribution < 1.29 is 26.7 Å². The van der Waals surface area contributed by atoms with Crippen molar-refractivity contribution in [1.29, 1.82) is 0 Å². The third-order valence-electron chi connectivity index (χ3n) is 2.69. The molecular weight excluding hydrogens is 386 g/mol. The zero-order chi connectivity index (χ0) is 17.9. The van der Waals surface area contributed by atoms with Gasteiger partial charge in [0.2, 0.25) is 0 Å². The molecule has 24 heavy (non-hydrogen) atoms. The van der Waals surface area contributed by atoms with Crippen LogP contribution in [0.3, 0.4) is 0 Å². The van der Waals surface area contributed by atoms with E-state index in [1.165, 1.54) is 11.3 Å². The SMILES string of the molecule is Cc1ccc(C(=O)NNS(=O)(=O)c2ccc(OC(F)F)c(Cl)c2)s1. The molecule has 0 spiro atoms. The van der Waals surface area contributed by atoms with Crippen molar-refractivity contribution in [2.24, 2.45) is 0 Å². The fourth-order valence-electron chi connectivity index (χ4n) is 1.63. The highest BCUT2D eigenvalue weighted by Crippen LogP contribution is 2.28. The maximum absolute atomic E-state index is 12.1. The molecule has 0 radical (unpaired) electrons. The van der Waals surface area contributed by atoms with Gasteiger partial charge in [0.05, 0.1) is 14.8 Å². The van der Waals surface area contributed by atoms with E-state index in [-0.39, 0.29) is 15.7 Å². The van der Waals surface area contributed by atoms with Crippen LogP contribution in [-0.2, 0) is 10.0 Å². The Labute approximate surface area is 145 Å². The topological polar surface area (TPSA) is 84.5 Å². The lowest BCUT2D eigenvalue weighted by Gasteiger charge is -2.10. The first-order valence-electron chi connectivity index (χ1n) is 6.32. The number of benzene rings is 1. The number of sulfonamides is 1. The van der Waals surface area contributed by atoms with Crippen molar-refractivity contribution in [2.45, 2.75) is 18.4 Å². The van der Waals surface area contributed by atoms with Gasteiger partial charge in [-0.25, -0.2) is 8.42 Å². The number of hydrazine groups is 1. The molecule has 0 bridgehead atoms. The molecular formula is C13H11ClF2N2O4S2. The van der Waals surface area contributed by atoms with Crippen molar-refractivity contribution in [2.75, 3.05) is 0 Å². The van der Waals surface area contributed by atoms with Crippen LogP contribution in [0.25, 0.3) is 0 Å². The number of rotatable bonds is 6. The fraction of sp³-hybridized carbons (Fsp3) is 0.154. The number of carbonyl (C=O) groups excluding carboxylic acids is 1. The Kier molecular flexibility index (Phi) is 5.75. The number of halogens is 3. The molecule has 1 aromatic heterocycles. The molecule has 0 fully saturated rings. The van der Waals surface area contributed by atoms with Gasteiger partial charge in [0.1, 0.15) is 5.75 Å². The Balaban J connectivity index is 2.10. The largest absolute Gasteiger partial charge is 0.433 e. The molecule has 2 aromatic rings. The number of hydrogen-bond donors (Lipinski definition) is 2. The normalized spacial score (nSPS) is 11.5. The van der Waals surface area contributed by atoms with Crippen LogP contribution in [0.15, 0.2) is 35.2 Å². The van der Waals surface area contributed by atoms with Gasteiger partial charge in [-0.3, -0.25) is 10.2 Å². The molecule has 1 amide bonds. The van der Waals surface area contributed by atoms with Crippen LogP contribution in [0.1, 0.15) is 14.5 Å². The quantitative estimate of drug-likeness (QED) is 0.735. The minimum absolute atomic E-state index is 0.307. The molecule has 2 N–H and O–H groups in total. The molecule has 2 rings (SSSR count). The van der Waals surface area contributed by atoms with E-state index in [4.69, 9.17) is 11.6 Å². The molecule has 0 saturated carbocycles. The summed E-state index contributed by atoms with van der Waals surface area (Å²) in [6.45, 7) is -1.28. The highest BCUT2D eigenvalue weighted by atomic mass is 35.5. The van der Waals surface area contributed by atoms with Gasteiger partial charge in [-0.1, -0.05) is 11.6 Å². The maximum atomic E-state index is 12.1. The first kappa shape index (κ1) is 18.6. The molecule has 0 unspecified atom stereocenters.